The summed E-state index contributed by atoms with van der Waals surface area (Å²) in [7, 11) is 1.34. The van der Waals surface area contributed by atoms with Gasteiger partial charge in [-0.25, -0.2) is 9.78 Å². The molecule has 4 nitrogen and oxygen atoms in total. The van der Waals surface area contributed by atoms with Crippen LogP contribution in [0.3, 0.4) is 0 Å². The summed E-state index contributed by atoms with van der Waals surface area (Å²) in [5.74, 6) is 0.157. The summed E-state index contributed by atoms with van der Waals surface area (Å²) in [5, 5.41) is 1.96. The van der Waals surface area contributed by atoms with Gasteiger partial charge in [-0.05, 0) is 28.7 Å². The molecular formula is C13H14INO3S. The van der Waals surface area contributed by atoms with E-state index in [-0.39, 0.29) is 11.2 Å². The van der Waals surface area contributed by atoms with Crippen molar-refractivity contribution in [3.63, 3.8) is 0 Å². The highest BCUT2D eigenvalue weighted by Crippen LogP contribution is 2.32. The fraction of sp³-hybridized carbons (Fsp3) is 0.385. The second-order valence-electron chi connectivity index (χ2n) is 5.08. The maximum atomic E-state index is 11.8. The van der Waals surface area contributed by atoms with E-state index >= 15 is 0 Å². The topological polar surface area (TPSA) is 52.3 Å². The summed E-state index contributed by atoms with van der Waals surface area (Å²) in [4.78, 5) is 16.2. The third kappa shape index (κ3) is 3.00. The molecule has 2 aromatic rings. The first-order valence-electron chi connectivity index (χ1n) is 5.67. The maximum Gasteiger partial charge on any atom is 0.376 e. The average molecular weight is 391 g/mol. The third-order valence-electron chi connectivity index (χ3n) is 2.52. The second-order valence-corrected chi connectivity index (χ2v) is 7.88. The number of rotatable bonds is 2. The zero-order valence-corrected chi connectivity index (χ0v) is 14.1. The first-order chi connectivity index (χ1) is 8.82. The quantitative estimate of drug-likeness (QED) is 0.572. The maximum absolute atomic E-state index is 11.8. The highest BCUT2D eigenvalue weighted by Gasteiger charge is 2.30. The number of thiophene rings is 1. The number of carbonyl (C=O) groups is 1. The fourth-order valence-electron chi connectivity index (χ4n) is 1.61. The molecule has 0 saturated heterocycles. The van der Waals surface area contributed by atoms with Crippen molar-refractivity contribution in [3.05, 3.63) is 25.8 Å². The average Bonchev–Trinajstić information content (AvgIpc) is 2.92. The summed E-state index contributed by atoms with van der Waals surface area (Å²) < 4.78 is 11.5. The molecule has 2 aromatic heterocycles. The number of oxazole rings is 1. The minimum absolute atomic E-state index is 0.186. The van der Waals surface area contributed by atoms with Crippen LogP contribution in [-0.2, 0) is 10.2 Å². The van der Waals surface area contributed by atoms with Gasteiger partial charge in [-0.1, -0.05) is 20.8 Å². The number of halogens is 1. The summed E-state index contributed by atoms with van der Waals surface area (Å²) >= 11 is 3.84. The zero-order valence-electron chi connectivity index (χ0n) is 11.1. The van der Waals surface area contributed by atoms with Crippen LogP contribution in [0.2, 0.25) is 0 Å². The summed E-state index contributed by atoms with van der Waals surface area (Å²) in [6, 6.07) is 1.98. The lowest BCUT2D eigenvalue weighted by Gasteiger charge is -2.15. The fourth-order valence-corrected chi connectivity index (χ4v) is 2.93. The Kier molecular flexibility index (Phi) is 4.00. The Hall–Kier alpha value is -0.890. The lowest BCUT2D eigenvalue weighted by Crippen LogP contribution is -2.17. The van der Waals surface area contributed by atoms with Gasteiger partial charge in [0.15, 0.2) is 0 Å². The summed E-state index contributed by atoms with van der Waals surface area (Å²) in [6.45, 7) is 5.95. The van der Waals surface area contributed by atoms with Crippen LogP contribution in [0.4, 0.5) is 0 Å². The minimum atomic E-state index is -0.492. The van der Waals surface area contributed by atoms with Gasteiger partial charge in [0.25, 0.3) is 0 Å². The largest absolute Gasteiger partial charge is 0.463 e. The van der Waals surface area contributed by atoms with E-state index in [1.165, 1.54) is 7.11 Å². The number of ether oxygens (including phenoxy) is 1. The van der Waals surface area contributed by atoms with Gasteiger partial charge in [0.1, 0.15) is 5.69 Å². The van der Waals surface area contributed by atoms with Crippen LogP contribution in [0.1, 0.15) is 37.0 Å². The number of hydrogen-bond donors (Lipinski definition) is 0. The van der Waals surface area contributed by atoms with Crippen LogP contribution < -0.4 is 0 Å². The van der Waals surface area contributed by atoms with Crippen LogP contribution in [0.5, 0.6) is 0 Å². The molecule has 0 amide bonds. The molecular weight excluding hydrogens is 377 g/mol. The first kappa shape index (κ1) is 14.5. The van der Waals surface area contributed by atoms with Gasteiger partial charge in [-0.2, -0.15) is 0 Å². The molecule has 0 atom stereocenters. The van der Waals surface area contributed by atoms with Crippen molar-refractivity contribution in [2.75, 3.05) is 7.11 Å². The molecule has 0 saturated carbocycles. The van der Waals surface area contributed by atoms with Crippen molar-refractivity contribution in [2.24, 2.45) is 0 Å². The monoisotopic (exact) mass is 391 g/mol. The third-order valence-corrected chi connectivity index (χ3v) is 4.31. The van der Waals surface area contributed by atoms with Crippen LogP contribution >= 0.6 is 33.9 Å². The Bertz CT molecular complexity index is 610. The standard InChI is InChI=1S/C13H14INO3S/c1-13(2,3)10-9(12(16)17-4)18-11(15-10)7-5-8(14)19-6-7/h5-6H,1-4H3. The molecule has 2 heterocycles. The van der Waals surface area contributed by atoms with Gasteiger partial charge in [0, 0.05) is 16.4 Å². The van der Waals surface area contributed by atoms with Crippen molar-refractivity contribution in [1.82, 2.24) is 4.98 Å². The van der Waals surface area contributed by atoms with E-state index in [0.29, 0.717) is 11.6 Å². The number of esters is 1. The molecule has 0 N–H and O–H groups in total. The van der Waals surface area contributed by atoms with E-state index in [1.807, 2.05) is 32.2 Å². The Morgan fingerprint density at radius 1 is 1.47 bits per heavy atom. The predicted molar refractivity (Wildman–Crippen MR) is 82.6 cm³/mol. The summed E-state index contributed by atoms with van der Waals surface area (Å²) in [6.07, 6.45) is 0. The molecule has 0 radical (unpaired) electrons. The minimum Gasteiger partial charge on any atom is -0.463 e. The molecule has 0 bridgehead atoms. The van der Waals surface area contributed by atoms with E-state index in [2.05, 4.69) is 27.6 Å². The highest BCUT2D eigenvalue weighted by atomic mass is 127. The normalized spacial score (nSPS) is 11.6. The molecule has 2 rings (SSSR count). The van der Waals surface area contributed by atoms with E-state index in [9.17, 15) is 4.79 Å². The molecule has 0 unspecified atom stereocenters. The van der Waals surface area contributed by atoms with E-state index < -0.39 is 5.97 Å². The van der Waals surface area contributed by atoms with Crippen molar-refractivity contribution >= 4 is 39.9 Å². The van der Waals surface area contributed by atoms with Gasteiger partial charge >= 0.3 is 5.97 Å². The van der Waals surface area contributed by atoms with Gasteiger partial charge in [-0.3, -0.25) is 0 Å². The lowest BCUT2D eigenvalue weighted by molar-refractivity contribution is 0.0562. The Labute approximate surface area is 129 Å². The van der Waals surface area contributed by atoms with Gasteiger partial charge in [0.2, 0.25) is 11.7 Å². The first-order valence-corrected chi connectivity index (χ1v) is 7.63. The van der Waals surface area contributed by atoms with Crippen molar-refractivity contribution in [2.45, 2.75) is 26.2 Å². The Morgan fingerprint density at radius 2 is 2.16 bits per heavy atom. The SMILES string of the molecule is COC(=O)c1oc(-c2csc(I)c2)nc1C(C)(C)C. The molecule has 102 valence electrons. The number of hydrogen-bond acceptors (Lipinski definition) is 5. The van der Waals surface area contributed by atoms with E-state index in [4.69, 9.17) is 9.15 Å². The van der Waals surface area contributed by atoms with Crippen molar-refractivity contribution in [1.29, 1.82) is 0 Å². The smallest absolute Gasteiger partial charge is 0.376 e. The molecule has 0 aliphatic heterocycles. The van der Waals surface area contributed by atoms with Gasteiger partial charge in [-0.15, -0.1) is 11.3 Å². The van der Waals surface area contributed by atoms with Crippen molar-refractivity contribution in [3.8, 4) is 11.5 Å². The molecule has 19 heavy (non-hydrogen) atoms. The molecule has 0 aliphatic rings. The van der Waals surface area contributed by atoms with Crippen LogP contribution in [0, 0.1) is 2.88 Å². The van der Waals surface area contributed by atoms with Crippen LogP contribution in [0.25, 0.3) is 11.5 Å². The Morgan fingerprint density at radius 3 is 2.63 bits per heavy atom. The highest BCUT2D eigenvalue weighted by molar-refractivity contribution is 14.1. The van der Waals surface area contributed by atoms with Crippen LogP contribution in [-0.4, -0.2) is 18.1 Å². The molecule has 6 heteroatoms. The second kappa shape index (κ2) is 5.24. The number of methoxy groups -OCH3 is 1. The molecule has 0 spiro atoms. The lowest BCUT2D eigenvalue weighted by atomic mass is 9.91. The van der Waals surface area contributed by atoms with Crippen LogP contribution in [0.15, 0.2) is 15.9 Å². The number of aromatic nitrogens is 1. The molecule has 0 aliphatic carbocycles. The molecule has 0 fully saturated rings. The zero-order chi connectivity index (χ0) is 14.2. The van der Waals surface area contributed by atoms with Gasteiger partial charge in [0.05, 0.1) is 9.99 Å². The predicted octanol–water partition coefficient (Wildman–Crippen LogP) is 4.09. The van der Waals surface area contributed by atoms with E-state index in [0.717, 1.165) is 8.45 Å². The summed E-state index contributed by atoms with van der Waals surface area (Å²) in [5.41, 5.74) is 1.22. The number of nitrogens with zero attached hydrogens (tertiary/aromatic N) is 1. The van der Waals surface area contributed by atoms with Crippen molar-refractivity contribution < 1.29 is 13.9 Å². The molecule has 0 aromatic carbocycles. The number of carbonyl (C=O) groups excluding carboxylic acids is 1. The Balaban J connectivity index is 2.54. The van der Waals surface area contributed by atoms with Gasteiger partial charge < -0.3 is 9.15 Å². The van der Waals surface area contributed by atoms with E-state index in [1.54, 1.807) is 11.3 Å².